The van der Waals surface area contributed by atoms with Crippen LogP contribution in [-0.2, 0) is 16.0 Å². The van der Waals surface area contributed by atoms with E-state index >= 15 is 0 Å². The molecule has 4 nitrogen and oxygen atoms in total. The summed E-state index contributed by atoms with van der Waals surface area (Å²) in [4.78, 5) is 11.9. The normalized spacial score (nSPS) is 16.9. The number of halogens is 2. The highest BCUT2D eigenvalue weighted by molar-refractivity contribution is 5.85. The third-order valence-electron chi connectivity index (χ3n) is 3.68. The van der Waals surface area contributed by atoms with Gasteiger partial charge >= 0.3 is 0 Å². The van der Waals surface area contributed by atoms with Crippen LogP contribution in [0.15, 0.2) is 24.3 Å². The number of carbonyl (C=O) groups is 1. The van der Waals surface area contributed by atoms with Gasteiger partial charge in [0.25, 0.3) is 0 Å². The van der Waals surface area contributed by atoms with Crippen LogP contribution in [0.25, 0.3) is 0 Å². The molecular weight excluding hydrogens is 295 g/mol. The fourth-order valence-electron chi connectivity index (χ4n) is 2.43. The van der Waals surface area contributed by atoms with Crippen LogP contribution in [0.1, 0.15) is 18.4 Å². The highest BCUT2D eigenvalue weighted by atomic mass is 35.5. The van der Waals surface area contributed by atoms with Crippen LogP contribution in [0, 0.1) is 11.7 Å². The lowest BCUT2D eigenvalue weighted by Gasteiger charge is -2.26. The summed E-state index contributed by atoms with van der Waals surface area (Å²) in [5.41, 5.74) is 6.83. The van der Waals surface area contributed by atoms with Crippen molar-refractivity contribution in [2.24, 2.45) is 11.7 Å². The van der Waals surface area contributed by atoms with Crippen LogP contribution < -0.4 is 11.1 Å². The molecule has 1 atom stereocenters. The van der Waals surface area contributed by atoms with E-state index in [9.17, 15) is 9.18 Å². The minimum atomic E-state index is -0.480. The second kappa shape index (κ2) is 8.97. The number of nitrogens with two attached hydrogens (primary N) is 1. The molecule has 0 aromatic heterocycles. The van der Waals surface area contributed by atoms with E-state index < -0.39 is 6.04 Å². The maximum atomic E-state index is 13.0. The van der Waals surface area contributed by atoms with Gasteiger partial charge in [-0.15, -0.1) is 12.4 Å². The van der Waals surface area contributed by atoms with Gasteiger partial charge in [-0.25, -0.2) is 4.39 Å². The van der Waals surface area contributed by atoms with Crippen molar-refractivity contribution in [1.82, 2.24) is 5.32 Å². The Labute approximate surface area is 130 Å². The Kier molecular flexibility index (Phi) is 7.64. The van der Waals surface area contributed by atoms with Crippen molar-refractivity contribution in [3.05, 3.63) is 35.6 Å². The first-order valence-electron chi connectivity index (χ1n) is 7.02. The quantitative estimate of drug-likeness (QED) is 0.868. The van der Waals surface area contributed by atoms with Gasteiger partial charge in [0.05, 0.1) is 6.04 Å². The average Bonchev–Trinajstić information content (AvgIpc) is 2.47. The first kappa shape index (κ1) is 17.9. The number of carbonyl (C=O) groups excluding carboxylic acids is 1. The molecule has 1 heterocycles. The van der Waals surface area contributed by atoms with Crippen LogP contribution in [0.3, 0.4) is 0 Å². The standard InChI is InChI=1S/C15H21FN2O2.ClH/c16-13-3-1-2-11(10-13)4-7-18-15(19)14(17)12-5-8-20-9-6-12;/h1-3,10,12,14H,4-9,17H2,(H,18,19);1H. The van der Waals surface area contributed by atoms with Crippen molar-refractivity contribution >= 4 is 18.3 Å². The predicted molar refractivity (Wildman–Crippen MR) is 81.9 cm³/mol. The molecule has 0 radical (unpaired) electrons. The SMILES string of the molecule is Cl.NC(C(=O)NCCc1cccc(F)c1)C1CCOCC1. The lowest BCUT2D eigenvalue weighted by molar-refractivity contribution is -0.124. The zero-order valence-electron chi connectivity index (χ0n) is 11.9. The molecule has 0 bridgehead atoms. The maximum absolute atomic E-state index is 13.0. The van der Waals surface area contributed by atoms with Crippen molar-refractivity contribution in [2.45, 2.75) is 25.3 Å². The molecule has 1 amide bonds. The lowest BCUT2D eigenvalue weighted by Crippen LogP contribution is -2.47. The minimum absolute atomic E-state index is 0. The second-order valence-electron chi connectivity index (χ2n) is 5.15. The first-order valence-corrected chi connectivity index (χ1v) is 7.02. The Morgan fingerprint density at radius 2 is 2.14 bits per heavy atom. The molecule has 1 saturated heterocycles. The van der Waals surface area contributed by atoms with E-state index in [-0.39, 0.29) is 30.0 Å². The van der Waals surface area contributed by atoms with Crippen molar-refractivity contribution in [1.29, 1.82) is 0 Å². The molecule has 1 aliphatic rings. The molecule has 1 unspecified atom stereocenters. The van der Waals surface area contributed by atoms with Gasteiger partial charge in [0.1, 0.15) is 5.82 Å². The topological polar surface area (TPSA) is 64.4 Å². The number of amides is 1. The number of ether oxygens (including phenoxy) is 1. The van der Waals surface area contributed by atoms with Gasteiger partial charge in [0.2, 0.25) is 5.91 Å². The van der Waals surface area contributed by atoms with Crippen molar-refractivity contribution in [2.75, 3.05) is 19.8 Å². The van der Waals surface area contributed by atoms with E-state index in [1.54, 1.807) is 6.07 Å². The van der Waals surface area contributed by atoms with Gasteiger partial charge < -0.3 is 15.8 Å². The smallest absolute Gasteiger partial charge is 0.237 e. The summed E-state index contributed by atoms with van der Waals surface area (Å²) in [6.45, 7) is 1.82. The third kappa shape index (κ3) is 5.61. The molecule has 6 heteroatoms. The van der Waals surface area contributed by atoms with Gasteiger partial charge in [0.15, 0.2) is 0 Å². The highest BCUT2D eigenvalue weighted by Gasteiger charge is 2.26. The number of nitrogens with one attached hydrogen (secondary N) is 1. The summed E-state index contributed by atoms with van der Waals surface area (Å²) in [6.07, 6.45) is 2.26. The molecule has 2 rings (SSSR count). The Bertz CT molecular complexity index is 453. The Morgan fingerprint density at radius 3 is 2.81 bits per heavy atom. The van der Waals surface area contributed by atoms with Crippen LogP contribution >= 0.6 is 12.4 Å². The molecule has 118 valence electrons. The second-order valence-corrected chi connectivity index (χ2v) is 5.15. The van der Waals surface area contributed by atoms with E-state index in [2.05, 4.69) is 5.32 Å². The third-order valence-corrected chi connectivity index (χ3v) is 3.68. The van der Waals surface area contributed by atoms with E-state index in [1.165, 1.54) is 12.1 Å². The Balaban J connectivity index is 0.00000220. The monoisotopic (exact) mass is 316 g/mol. The average molecular weight is 317 g/mol. The van der Waals surface area contributed by atoms with E-state index in [0.29, 0.717) is 26.2 Å². The number of hydrogen-bond donors (Lipinski definition) is 2. The zero-order valence-corrected chi connectivity index (χ0v) is 12.7. The van der Waals surface area contributed by atoms with Gasteiger partial charge in [-0.05, 0) is 42.9 Å². The van der Waals surface area contributed by atoms with Gasteiger partial charge in [-0.1, -0.05) is 12.1 Å². The summed E-state index contributed by atoms with van der Waals surface area (Å²) in [5.74, 6) is -0.195. The minimum Gasteiger partial charge on any atom is -0.381 e. The molecule has 3 N–H and O–H groups in total. The van der Waals surface area contributed by atoms with Crippen LogP contribution in [0.4, 0.5) is 4.39 Å². The van der Waals surface area contributed by atoms with Crippen molar-refractivity contribution in [3.63, 3.8) is 0 Å². The fourth-order valence-corrected chi connectivity index (χ4v) is 2.43. The number of rotatable bonds is 5. The molecule has 1 aromatic carbocycles. The van der Waals surface area contributed by atoms with Gasteiger partial charge in [-0.3, -0.25) is 4.79 Å². The first-order chi connectivity index (χ1) is 9.66. The fraction of sp³-hybridized carbons (Fsp3) is 0.533. The molecule has 1 fully saturated rings. The van der Waals surface area contributed by atoms with Crippen molar-refractivity contribution < 1.29 is 13.9 Å². The summed E-state index contributed by atoms with van der Waals surface area (Å²) < 4.78 is 18.3. The molecule has 1 aliphatic heterocycles. The predicted octanol–water partition coefficient (Wildman–Crippen LogP) is 1.66. The van der Waals surface area contributed by atoms with Crippen LogP contribution in [0.5, 0.6) is 0 Å². The molecular formula is C15H22ClFN2O2. The lowest BCUT2D eigenvalue weighted by atomic mass is 9.92. The molecule has 0 saturated carbocycles. The van der Waals surface area contributed by atoms with E-state index in [0.717, 1.165) is 18.4 Å². The van der Waals surface area contributed by atoms with E-state index in [1.807, 2.05) is 6.07 Å². The van der Waals surface area contributed by atoms with E-state index in [4.69, 9.17) is 10.5 Å². The maximum Gasteiger partial charge on any atom is 0.237 e. The molecule has 0 spiro atoms. The van der Waals surface area contributed by atoms with Crippen LogP contribution in [-0.4, -0.2) is 31.7 Å². The number of hydrogen-bond acceptors (Lipinski definition) is 3. The number of benzene rings is 1. The Morgan fingerprint density at radius 1 is 1.43 bits per heavy atom. The molecule has 21 heavy (non-hydrogen) atoms. The Hall–Kier alpha value is -1.17. The summed E-state index contributed by atoms with van der Waals surface area (Å²) in [5, 5.41) is 2.82. The van der Waals surface area contributed by atoms with Gasteiger partial charge in [0, 0.05) is 19.8 Å². The highest BCUT2D eigenvalue weighted by Crippen LogP contribution is 2.17. The van der Waals surface area contributed by atoms with Crippen LogP contribution in [0.2, 0.25) is 0 Å². The molecule has 1 aromatic rings. The summed E-state index contributed by atoms with van der Waals surface area (Å²) >= 11 is 0. The summed E-state index contributed by atoms with van der Waals surface area (Å²) in [6, 6.07) is 5.91. The largest absolute Gasteiger partial charge is 0.381 e. The summed E-state index contributed by atoms with van der Waals surface area (Å²) in [7, 11) is 0. The molecule has 0 aliphatic carbocycles. The van der Waals surface area contributed by atoms with Gasteiger partial charge in [-0.2, -0.15) is 0 Å². The van der Waals surface area contributed by atoms with Crippen molar-refractivity contribution in [3.8, 4) is 0 Å². The zero-order chi connectivity index (χ0) is 14.4.